The third-order valence-corrected chi connectivity index (χ3v) is 3.56. The Kier molecular flexibility index (Phi) is 2.43. The van der Waals surface area contributed by atoms with Crippen LogP contribution in [-0.2, 0) is 23.6 Å². The summed E-state index contributed by atoms with van der Waals surface area (Å²) in [5.74, 6) is 0. The average molecular weight is 265 g/mol. The third kappa shape index (κ3) is 1.58. The lowest BCUT2D eigenvalue weighted by Gasteiger charge is -2.20. The molecule has 2 aliphatic heterocycles. The van der Waals surface area contributed by atoms with E-state index in [4.69, 9.17) is 4.74 Å². The fourth-order valence-electron chi connectivity index (χ4n) is 2.51. The van der Waals surface area contributed by atoms with Crippen molar-refractivity contribution >= 4 is 0 Å². The zero-order chi connectivity index (χ0) is 13.4. The Morgan fingerprint density at radius 3 is 2.60 bits per heavy atom. The second-order valence-corrected chi connectivity index (χ2v) is 4.74. The van der Waals surface area contributed by atoms with Crippen LogP contribution in [0.25, 0.3) is 0 Å². The number of fused-ring (bicyclic) bond motifs is 1. The fraction of sp³-hybridized carbons (Fsp3) is 0.214. The predicted molar refractivity (Wildman–Crippen MR) is 69.7 cm³/mol. The normalized spacial score (nSPS) is 18.4. The van der Waals surface area contributed by atoms with Crippen LogP contribution >= 0.6 is 0 Å². The van der Waals surface area contributed by atoms with Crippen molar-refractivity contribution in [1.29, 1.82) is 0 Å². The van der Waals surface area contributed by atoms with Gasteiger partial charge in [-0.1, -0.05) is 18.2 Å². The lowest BCUT2D eigenvalue weighted by molar-refractivity contribution is 0.134. The molecule has 2 aromatic rings. The van der Waals surface area contributed by atoms with Crippen molar-refractivity contribution in [2.75, 3.05) is 0 Å². The SMILES string of the molecule is c1ccc(C2(c3ccc4c(c3)COC4)N=NN=N2)nc1. The van der Waals surface area contributed by atoms with Crippen LogP contribution in [0.4, 0.5) is 0 Å². The molecule has 1 aromatic carbocycles. The van der Waals surface area contributed by atoms with E-state index in [0.717, 1.165) is 11.1 Å². The zero-order valence-corrected chi connectivity index (χ0v) is 10.6. The Bertz CT molecular complexity index is 699. The topological polar surface area (TPSA) is 71.6 Å². The van der Waals surface area contributed by atoms with E-state index in [1.807, 2.05) is 30.3 Å². The Balaban J connectivity index is 1.89. The first-order valence-electron chi connectivity index (χ1n) is 6.34. The van der Waals surface area contributed by atoms with Crippen LogP contribution in [0, 0.1) is 0 Å². The number of hydrogen-bond acceptors (Lipinski definition) is 6. The zero-order valence-electron chi connectivity index (χ0n) is 10.6. The van der Waals surface area contributed by atoms with Crippen LogP contribution in [-0.4, -0.2) is 4.98 Å². The van der Waals surface area contributed by atoms with Gasteiger partial charge in [0.1, 0.15) is 0 Å². The quantitative estimate of drug-likeness (QED) is 0.836. The summed E-state index contributed by atoms with van der Waals surface area (Å²) in [7, 11) is 0. The molecule has 0 saturated carbocycles. The van der Waals surface area contributed by atoms with Crippen molar-refractivity contribution < 1.29 is 4.74 Å². The van der Waals surface area contributed by atoms with E-state index >= 15 is 0 Å². The highest BCUT2D eigenvalue weighted by Gasteiger charge is 2.39. The Morgan fingerprint density at radius 2 is 1.80 bits per heavy atom. The van der Waals surface area contributed by atoms with Crippen molar-refractivity contribution in [2.24, 2.45) is 20.7 Å². The number of pyridine rings is 1. The standard InChI is InChI=1S/C14H11N5O/c1-2-6-15-13(3-1)14(16-18-19-17-14)12-5-4-10-8-20-9-11(10)7-12/h1-7H,8-9H2. The minimum Gasteiger partial charge on any atom is -0.372 e. The van der Waals surface area contributed by atoms with Gasteiger partial charge >= 0.3 is 0 Å². The minimum atomic E-state index is -0.959. The van der Waals surface area contributed by atoms with Gasteiger partial charge in [-0.3, -0.25) is 4.98 Å². The molecule has 0 bridgehead atoms. The third-order valence-electron chi connectivity index (χ3n) is 3.56. The number of aromatic nitrogens is 1. The summed E-state index contributed by atoms with van der Waals surface area (Å²) in [6.07, 6.45) is 1.72. The van der Waals surface area contributed by atoms with E-state index < -0.39 is 5.66 Å². The first kappa shape index (κ1) is 11.4. The number of hydrogen-bond donors (Lipinski definition) is 0. The van der Waals surface area contributed by atoms with Crippen LogP contribution in [0.5, 0.6) is 0 Å². The van der Waals surface area contributed by atoms with Crippen LogP contribution < -0.4 is 0 Å². The molecule has 0 atom stereocenters. The maximum absolute atomic E-state index is 5.45. The average Bonchev–Trinajstić information content (AvgIpc) is 3.17. The summed E-state index contributed by atoms with van der Waals surface area (Å²) in [6.45, 7) is 1.28. The highest BCUT2D eigenvalue weighted by molar-refractivity contribution is 5.41. The maximum atomic E-state index is 5.45. The largest absolute Gasteiger partial charge is 0.372 e. The molecule has 6 heteroatoms. The Hall–Kier alpha value is -2.47. The van der Waals surface area contributed by atoms with Crippen LogP contribution in [0.3, 0.4) is 0 Å². The molecule has 2 aliphatic rings. The molecule has 3 heterocycles. The van der Waals surface area contributed by atoms with Crippen molar-refractivity contribution in [3.8, 4) is 0 Å². The molecule has 0 saturated heterocycles. The summed E-state index contributed by atoms with van der Waals surface area (Å²) in [4.78, 5) is 4.36. The number of benzene rings is 1. The smallest absolute Gasteiger partial charge is 0.261 e. The van der Waals surface area contributed by atoms with E-state index in [1.54, 1.807) is 6.20 Å². The molecular formula is C14H11N5O. The van der Waals surface area contributed by atoms with Gasteiger partial charge in [-0.15, -0.1) is 10.2 Å². The van der Waals surface area contributed by atoms with Crippen molar-refractivity contribution in [3.05, 3.63) is 65.0 Å². The van der Waals surface area contributed by atoms with E-state index in [-0.39, 0.29) is 0 Å². The van der Waals surface area contributed by atoms with Gasteiger partial charge in [0.2, 0.25) is 0 Å². The van der Waals surface area contributed by atoms with E-state index in [0.29, 0.717) is 18.9 Å². The van der Waals surface area contributed by atoms with Crippen LogP contribution in [0.1, 0.15) is 22.4 Å². The molecule has 0 radical (unpaired) electrons. The Morgan fingerprint density at radius 1 is 0.950 bits per heavy atom. The molecule has 0 fully saturated rings. The van der Waals surface area contributed by atoms with E-state index in [1.165, 1.54) is 5.56 Å². The van der Waals surface area contributed by atoms with Gasteiger partial charge in [0.05, 0.1) is 18.9 Å². The first-order chi connectivity index (χ1) is 9.88. The molecule has 0 N–H and O–H groups in total. The summed E-state index contributed by atoms with van der Waals surface area (Å²) >= 11 is 0. The highest BCUT2D eigenvalue weighted by atomic mass is 16.5. The summed E-state index contributed by atoms with van der Waals surface area (Å²) in [5, 5.41) is 15.8. The molecular weight excluding hydrogens is 254 g/mol. The number of rotatable bonds is 2. The highest BCUT2D eigenvalue weighted by Crippen LogP contribution is 2.39. The predicted octanol–water partition coefficient (Wildman–Crippen LogP) is 3.15. The van der Waals surface area contributed by atoms with Crippen LogP contribution in [0.15, 0.2) is 63.3 Å². The second-order valence-electron chi connectivity index (χ2n) is 4.74. The maximum Gasteiger partial charge on any atom is 0.261 e. The summed E-state index contributed by atoms with van der Waals surface area (Å²) in [5.41, 5.74) is 3.03. The van der Waals surface area contributed by atoms with Crippen molar-refractivity contribution in [1.82, 2.24) is 4.98 Å². The van der Waals surface area contributed by atoms with E-state index in [2.05, 4.69) is 31.7 Å². The molecule has 0 spiro atoms. The molecule has 20 heavy (non-hydrogen) atoms. The first-order valence-corrected chi connectivity index (χ1v) is 6.34. The van der Waals surface area contributed by atoms with Gasteiger partial charge in [0.15, 0.2) is 0 Å². The molecule has 0 aliphatic carbocycles. The molecule has 0 amide bonds. The molecule has 0 unspecified atom stereocenters. The fourth-order valence-corrected chi connectivity index (χ4v) is 2.51. The van der Waals surface area contributed by atoms with Gasteiger partial charge in [-0.05, 0) is 39.8 Å². The summed E-state index contributed by atoms with van der Waals surface area (Å²) < 4.78 is 5.45. The lowest BCUT2D eigenvalue weighted by atomic mass is 9.94. The minimum absolute atomic E-state index is 0.621. The van der Waals surface area contributed by atoms with Crippen LogP contribution in [0.2, 0.25) is 0 Å². The molecule has 4 rings (SSSR count). The monoisotopic (exact) mass is 265 g/mol. The second kappa shape index (κ2) is 4.28. The van der Waals surface area contributed by atoms with Gasteiger partial charge < -0.3 is 4.74 Å². The van der Waals surface area contributed by atoms with Gasteiger partial charge in [0, 0.05) is 11.8 Å². The Labute approximate surface area is 115 Å². The molecule has 1 aromatic heterocycles. The van der Waals surface area contributed by atoms with Gasteiger partial charge in [-0.25, -0.2) is 0 Å². The van der Waals surface area contributed by atoms with Crippen molar-refractivity contribution in [3.63, 3.8) is 0 Å². The number of ether oxygens (including phenoxy) is 1. The van der Waals surface area contributed by atoms with E-state index in [9.17, 15) is 0 Å². The van der Waals surface area contributed by atoms with Gasteiger partial charge in [-0.2, -0.15) is 0 Å². The van der Waals surface area contributed by atoms with Gasteiger partial charge in [0.25, 0.3) is 5.66 Å². The number of nitrogens with zero attached hydrogens (tertiary/aromatic N) is 5. The molecule has 6 nitrogen and oxygen atoms in total. The van der Waals surface area contributed by atoms with Crippen molar-refractivity contribution in [2.45, 2.75) is 18.9 Å². The lowest BCUT2D eigenvalue weighted by Crippen LogP contribution is -2.22. The summed E-state index contributed by atoms with van der Waals surface area (Å²) in [6, 6.07) is 11.7. The molecule has 98 valence electrons.